The first-order valence-electron chi connectivity index (χ1n) is 5.84. The summed E-state index contributed by atoms with van der Waals surface area (Å²) in [6.07, 6.45) is 3.67. The molecule has 0 saturated carbocycles. The monoisotopic (exact) mass is 413 g/mol. The van der Waals surface area contributed by atoms with Gasteiger partial charge in [0.2, 0.25) is 10.0 Å². The number of pyridine rings is 1. The van der Waals surface area contributed by atoms with Crippen LogP contribution >= 0.6 is 31.9 Å². The maximum absolute atomic E-state index is 11.4. The minimum atomic E-state index is -3.10. The smallest absolute Gasteiger partial charge is 0.211 e. The third kappa shape index (κ3) is 5.76. The molecule has 108 valence electrons. The lowest BCUT2D eigenvalue weighted by Gasteiger charge is -2.17. The van der Waals surface area contributed by atoms with Gasteiger partial charge in [0.05, 0.1) is 10.7 Å². The number of rotatable bonds is 7. The lowest BCUT2D eigenvalue weighted by molar-refractivity contribution is 0.428. The van der Waals surface area contributed by atoms with Crippen molar-refractivity contribution in [2.45, 2.75) is 13.3 Å². The summed E-state index contributed by atoms with van der Waals surface area (Å²) in [6, 6.07) is 1.91. The lowest BCUT2D eigenvalue weighted by Crippen LogP contribution is -2.31. The summed E-state index contributed by atoms with van der Waals surface area (Å²) in [6.45, 7) is 3.51. The Morgan fingerprint density at radius 2 is 2.11 bits per heavy atom. The van der Waals surface area contributed by atoms with Crippen LogP contribution in [0, 0.1) is 0 Å². The van der Waals surface area contributed by atoms with E-state index in [0.29, 0.717) is 19.6 Å². The van der Waals surface area contributed by atoms with Gasteiger partial charge in [-0.3, -0.25) is 0 Å². The van der Waals surface area contributed by atoms with Gasteiger partial charge in [0.1, 0.15) is 5.82 Å². The molecule has 0 aromatic carbocycles. The van der Waals surface area contributed by atoms with E-state index >= 15 is 0 Å². The van der Waals surface area contributed by atoms with Gasteiger partial charge in [0.15, 0.2) is 0 Å². The van der Waals surface area contributed by atoms with Crippen molar-refractivity contribution in [2.24, 2.45) is 0 Å². The van der Waals surface area contributed by atoms with E-state index in [1.54, 1.807) is 6.20 Å². The molecule has 1 N–H and O–H groups in total. The van der Waals surface area contributed by atoms with Crippen LogP contribution in [0.3, 0.4) is 0 Å². The van der Waals surface area contributed by atoms with Crippen LogP contribution in [0.5, 0.6) is 0 Å². The van der Waals surface area contributed by atoms with Crippen molar-refractivity contribution < 1.29 is 8.42 Å². The molecule has 0 unspecified atom stereocenters. The van der Waals surface area contributed by atoms with Crippen LogP contribution in [0.25, 0.3) is 0 Å². The Bertz CT molecular complexity index is 523. The number of sulfonamides is 1. The van der Waals surface area contributed by atoms with Gasteiger partial charge in [-0.15, -0.1) is 0 Å². The van der Waals surface area contributed by atoms with Crippen molar-refractivity contribution in [1.29, 1.82) is 0 Å². The van der Waals surface area contributed by atoms with Gasteiger partial charge in [-0.2, -0.15) is 0 Å². The summed E-state index contributed by atoms with van der Waals surface area (Å²) in [5, 5.41) is 3.17. The van der Waals surface area contributed by atoms with Gasteiger partial charge in [0.25, 0.3) is 0 Å². The van der Waals surface area contributed by atoms with Gasteiger partial charge in [-0.1, -0.05) is 6.92 Å². The van der Waals surface area contributed by atoms with E-state index in [0.717, 1.165) is 21.2 Å². The molecular weight excluding hydrogens is 398 g/mol. The van der Waals surface area contributed by atoms with Crippen LogP contribution in [-0.2, 0) is 10.0 Å². The second-order valence-corrected chi connectivity index (χ2v) is 7.77. The zero-order chi connectivity index (χ0) is 14.5. The topological polar surface area (TPSA) is 62.3 Å². The Morgan fingerprint density at radius 1 is 1.42 bits per heavy atom. The fourth-order valence-corrected chi connectivity index (χ4v) is 3.62. The van der Waals surface area contributed by atoms with Crippen molar-refractivity contribution >= 4 is 47.7 Å². The summed E-state index contributed by atoms with van der Waals surface area (Å²) < 4.78 is 26.0. The van der Waals surface area contributed by atoms with Crippen LogP contribution in [0.4, 0.5) is 5.82 Å². The maximum Gasteiger partial charge on any atom is 0.211 e. The molecule has 19 heavy (non-hydrogen) atoms. The van der Waals surface area contributed by atoms with E-state index in [4.69, 9.17) is 0 Å². The van der Waals surface area contributed by atoms with Crippen LogP contribution in [-0.4, -0.2) is 43.6 Å². The first-order valence-corrected chi connectivity index (χ1v) is 9.28. The lowest BCUT2D eigenvalue weighted by atomic mass is 10.4. The quantitative estimate of drug-likeness (QED) is 0.696. The highest BCUT2D eigenvalue weighted by molar-refractivity contribution is 9.11. The number of nitrogens with zero attached hydrogens (tertiary/aromatic N) is 2. The maximum atomic E-state index is 11.4. The molecule has 0 radical (unpaired) electrons. The molecule has 0 atom stereocenters. The molecule has 1 aromatic heterocycles. The molecule has 0 aliphatic rings. The molecule has 8 heteroatoms. The Balaban J connectivity index is 2.42. The van der Waals surface area contributed by atoms with Crippen molar-refractivity contribution in [3.8, 4) is 0 Å². The average molecular weight is 415 g/mol. The first-order chi connectivity index (χ1) is 8.84. The highest BCUT2D eigenvalue weighted by Gasteiger charge is 2.13. The largest absolute Gasteiger partial charge is 0.369 e. The predicted molar refractivity (Wildman–Crippen MR) is 84.8 cm³/mol. The van der Waals surface area contributed by atoms with Crippen molar-refractivity contribution in [2.75, 3.05) is 31.2 Å². The number of nitrogens with one attached hydrogen (secondary N) is 1. The van der Waals surface area contributed by atoms with Crippen molar-refractivity contribution in [3.63, 3.8) is 0 Å². The number of halogens is 2. The molecule has 0 amide bonds. The molecule has 0 fully saturated rings. The second-order valence-electron chi connectivity index (χ2n) is 4.02. The summed E-state index contributed by atoms with van der Waals surface area (Å²) in [4.78, 5) is 4.23. The van der Waals surface area contributed by atoms with Crippen LogP contribution in [0.1, 0.15) is 13.3 Å². The molecule has 1 rings (SSSR count). The molecule has 1 aromatic rings. The second kappa shape index (κ2) is 7.56. The minimum Gasteiger partial charge on any atom is -0.369 e. The van der Waals surface area contributed by atoms with Crippen LogP contribution in [0.2, 0.25) is 0 Å². The van der Waals surface area contributed by atoms with Crippen LogP contribution < -0.4 is 5.32 Å². The van der Waals surface area contributed by atoms with Gasteiger partial charge in [-0.05, 0) is 44.3 Å². The highest BCUT2D eigenvalue weighted by atomic mass is 79.9. The first kappa shape index (κ1) is 16.9. The third-order valence-electron chi connectivity index (χ3n) is 2.51. The number of aromatic nitrogens is 1. The predicted octanol–water partition coefficient (Wildman–Crippen LogP) is 2.69. The summed E-state index contributed by atoms with van der Waals surface area (Å²) >= 11 is 6.75. The van der Waals surface area contributed by atoms with E-state index in [1.807, 2.05) is 13.0 Å². The molecule has 0 spiro atoms. The summed E-state index contributed by atoms with van der Waals surface area (Å²) in [7, 11) is -3.10. The molecule has 0 bridgehead atoms. The molecule has 0 aliphatic carbocycles. The number of hydrogen-bond acceptors (Lipinski definition) is 4. The molecule has 0 aliphatic heterocycles. The zero-order valence-electron chi connectivity index (χ0n) is 10.9. The summed E-state index contributed by atoms with van der Waals surface area (Å²) in [5.74, 6) is 0.755. The van der Waals surface area contributed by atoms with Crippen LogP contribution in [0.15, 0.2) is 21.2 Å². The van der Waals surface area contributed by atoms with E-state index in [-0.39, 0.29) is 0 Å². The molecular formula is C11H17Br2N3O2S. The Morgan fingerprint density at radius 3 is 2.63 bits per heavy atom. The highest BCUT2D eigenvalue weighted by Crippen LogP contribution is 2.23. The van der Waals surface area contributed by atoms with E-state index in [1.165, 1.54) is 10.6 Å². The van der Waals surface area contributed by atoms with Gasteiger partial charge < -0.3 is 5.32 Å². The zero-order valence-corrected chi connectivity index (χ0v) is 14.8. The number of hydrogen-bond donors (Lipinski definition) is 1. The molecule has 5 nitrogen and oxygen atoms in total. The third-order valence-corrected chi connectivity index (χ3v) is 4.92. The van der Waals surface area contributed by atoms with Crippen molar-refractivity contribution in [3.05, 3.63) is 21.2 Å². The molecule has 1 heterocycles. The van der Waals surface area contributed by atoms with Crippen molar-refractivity contribution in [1.82, 2.24) is 9.29 Å². The van der Waals surface area contributed by atoms with Gasteiger partial charge in [0, 0.05) is 30.3 Å². The summed E-state index contributed by atoms with van der Waals surface area (Å²) in [5.41, 5.74) is 0. The Hall–Kier alpha value is -0.180. The van der Waals surface area contributed by atoms with Gasteiger partial charge >= 0.3 is 0 Å². The number of anilines is 1. The van der Waals surface area contributed by atoms with E-state index < -0.39 is 10.0 Å². The fourth-order valence-electron chi connectivity index (χ4n) is 1.57. The Labute approximate surface area is 131 Å². The molecule has 0 saturated heterocycles. The van der Waals surface area contributed by atoms with E-state index in [2.05, 4.69) is 42.2 Å². The fraction of sp³-hybridized carbons (Fsp3) is 0.545. The van der Waals surface area contributed by atoms with Gasteiger partial charge in [-0.25, -0.2) is 17.7 Å². The normalized spacial score (nSPS) is 11.8. The standard InChI is InChI=1S/C11H17Br2N3O2S/c1-3-16(19(2,17)18)6-4-5-14-11-10(13)7-9(12)8-15-11/h7-8H,3-6H2,1-2H3,(H,14,15). The van der Waals surface area contributed by atoms with E-state index in [9.17, 15) is 8.42 Å². The Kier molecular flexibility index (Phi) is 6.72. The minimum absolute atomic E-state index is 0.499. The SMILES string of the molecule is CCN(CCCNc1ncc(Br)cc1Br)S(C)(=O)=O. The average Bonchev–Trinajstić information content (AvgIpc) is 2.29.